The van der Waals surface area contributed by atoms with Crippen LogP contribution in [-0.4, -0.2) is 31.9 Å². The molecule has 0 saturated heterocycles. The van der Waals surface area contributed by atoms with Gasteiger partial charge in [0.15, 0.2) is 0 Å². The minimum atomic E-state index is -3.47. The largest absolute Gasteiger partial charge is 0.343 e. The van der Waals surface area contributed by atoms with E-state index in [9.17, 15) is 9.13 Å². The van der Waals surface area contributed by atoms with Gasteiger partial charge in [-0.15, -0.1) is 0 Å². The van der Waals surface area contributed by atoms with E-state index in [0.29, 0.717) is 13.0 Å². The van der Waals surface area contributed by atoms with Crippen molar-refractivity contribution in [3.63, 3.8) is 0 Å². The van der Waals surface area contributed by atoms with Gasteiger partial charge in [0, 0.05) is 6.66 Å². The summed E-state index contributed by atoms with van der Waals surface area (Å²) in [5, 5.41) is -0.689. The molecule has 2 atom stereocenters. The second-order valence-corrected chi connectivity index (χ2v) is 13.7. The van der Waals surface area contributed by atoms with Crippen LogP contribution < -0.4 is 0 Å². The Balaban J connectivity index is 4.50. The van der Waals surface area contributed by atoms with E-state index in [1.54, 1.807) is 27.4 Å². The summed E-state index contributed by atoms with van der Waals surface area (Å²) in [6, 6.07) is 0. The second-order valence-electron chi connectivity index (χ2n) is 8.40. The number of allylic oxidation sites excluding steroid dienone is 4. The Hall–Kier alpha value is -0.180. The monoisotopic (exact) mass is 478 g/mol. The van der Waals surface area contributed by atoms with Crippen LogP contribution in [0.15, 0.2) is 23.3 Å². The minimum absolute atomic E-state index is 0.265. The molecule has 0 rings (SSSR count). The molecule has 0 aliphatic heterocycles. The van der Waals surface area contributed by atoms with E-state index in [-0.39, 0.29) is 13.2 Å². The topological polar surface area (TPSA) is 61.8 Å². The summed E-state index contributed by atoms with van der Waals surface area (Å²) in [5.41, 5.74) is 2.85. The lowest BCUT2D eigenvalue weighted by Crippen LogP contribution is -2.15. The molecule has 31 heavy (non-hydrogen) atoms. The van der Waals surface area contributed by atoms with Crippen LogP contribution in [0.3, 0.4) is 0 Å². The third kappa shape index (κ3) is 13.9. The summed E-state index contributed by atoms with van der Waals surface area (Å²) in [7, 11) is -6.58. The molecule has 184 valence electrons. The van der Waals surface area contributed by atoms with Crippen LogP contribution in [0.2, 0.25) is 0 Å². The maximum atomic E-state index is 13.3. The van der Waals surface area contributed by atoms with Gasteiger partial charge in [-0.25, -0.2) is 0 Å². The van der Waals surface area contributed by atoms with Gasteiger partial charge in [0.25, 0.3) is 0 Å². The van der Waals surface area contributed by atoms with Crippen LogP contribution in [0.4, 0.5) is 0 Å². The van der Waals surface area contributed by atoms with Crippen molar-refractivity contribution in [2.45, 2.75) is 105 Å². The van der Waals surface area contributed by atoms with Gasteiger partial charge in [-0.2, -0.15) is 0 Å². The Bertz CT molecular complexity index is 613. The standard InChI is InChI=1S/C24H48O5P2/c1-8-27-30(7,25)24(31(26,28-9-2)29-10-3)21-16-14-12-11-13-15-19-23(6)20-17-18-22(4)5/h18-19,24H,8-17,20-21H2,1-7H3/b23-19+. The highest BCUT2D eigenvalue weighted by Gasteiger charge is 2.46. The van der Waals surface area contributed by atoms with Crippen LogP contribution in [-0.2, 0) is 22.7 Å². The Labute approximate surface area is 192 Å². The minimum Gasteiger partial charge on any atom is -0.328 e. The van der Waals surface area contributed by atoms with Gasteiger partial charge in [-0.3, -0.25) is 9.13 Å². The third-order valence-corrected chi connectivity index (χ3v) is 11.6. The van der Waals surface area contributed by atoms with Gasteiger partial charge in [0.2, 0.25) is 7.37 Å². The first kappa shape index (κ1) is 30.8. The third-order valence-electron chi connectivity index (χ3n) is 5.16. The van der Waals surface area contributed by atoms with E-state index in [2.05, 4.69) is 32.9 Å². The van der Waals surface area contributed by atoms with Crippen molar-refractivity contribution in [1.29, 1.82) is 0 Å². The summed E-state index contributed by atoms with van der Waals surface area (Å²) in [4.78, 5) is 0. The molecule has 0 heterocycles. The predicted octanol–water partition coefficient (Wildman–Crippen LogP) is 8.95. The fourth-order valence-corrected chi connectivity index (χ4v) is 9.23. The van der Waals surface area contributed by atoms with Crippen molar-refractivity contribution in [2.75, 3.05) is 26.5 Å². The summed E-state index contributed by atoms with van der Waals surface area (Å²) >= 11 is 0. The zero-order valence-corrected chi connectivity index (χ0v) is 22.9. The Morgan fingerprint density at radius 1 is 0.774 bits per heavy atom. The van der Waals surface area contributed by atoms with Gasteiger partial charge in [-0.05, 0) is 73.6 Å². The fourth-order valence-electron chi connectivity index (χ4n) is 3.60. The van der Waals surface area contributed by atoms with Crippen molar-refractivity contribution in [2.24, 2.45) is 0 Å². The average molecular weight is 479 g/mol. The highest BCUT2D eigenvalue weighted by molar-refractivity contribution is 7.74. The van der Waals surface area contributed by atoms with E-state index in [1.165, 1.54) is 24.0 Å². The van der Waals surface area contributed by atoms with E-state index in [1.807, 2.05) is 0 Å². The molecule has 0 bridgehead atoms. The number of hydrogen-bond donors (Lipinski definition) is 0. The first-order valence-electron chi connectivity index (χ1n) is 12.0. The summed E-state index contributed by atoms with van der Waals surface area (Å²) in [6.07, 6.45) is 13.9. The van der Waals surface area contributed by atoms with E-state index >= 15 is 0 Å². The molecule has 0 aromatic heterocycles. The molecule has 0 amide bonds. The van der Waals surface area contributed by atoms with Crippen molar-refractivity contribution in [3.8, 4) is 0 Å². The molecule has 0 aliphatic rings. The molecule has 0 fully saturated rings. The normalized spacial score (nSPS) is 15.5. The Kier molecular flexibility index (Phi) is 17.2. The Morgan fingerprint density at radius 2 is 1.32 bits per heavy atom. The summed E-state index contributed by atoms with van der Waals surface area (Å²) in [5.74, 6) is 0. The Morgan fingerprint density at radius 3 is 1.87 bits per heavy atom. The smallest absolute Gasteiger partial charge is 0.328 e. The SMILES string of the molecule is CCOP(C)(=O)C(CCCCCCC/C=C(\C)CCC=C(C)C)P(=O)(OCC)OCC. The van der Waals surface area contributed by atoms with Crippen LogP contribution in [0, 0.1) is 0 Å². The molecule has 0 aliphatic carbocycles. The van der Waals surface area contributed by atoms with Gasteiger partial charge in [0.1, 0.15) is 5.40 Å². The fraction of sp³-hybridized carbons (Fsp3) is 0.833. The molecule has 0 saturated carbocycles. The number of hydrogen-bond acceptors (Lipinski definition) is 5. The van der Waals surface area contributed by atoms with Crippen LogP contribution >= 0.6 is 15.0 Å². The first-order chi connectivity index (χ1) is 14.6. The van der Waals surface area contributed by atoms with Crippen molar-refractivity contribution >= 4 is 15.0 Å². The molecular weight excluding hydrogens is 430 g/mol. The average Bonchev–Trinajstić information content (AvgIpc) is 2.66. The predicted molar refractivity (Wildman–Crippen MR) is 135 cm³/mol. The number of rotatable bonds is 19. The molecular formula is C24H48O5P2. The first-order valence-corrected chi connectivity index (χ1v) is 15.8. The van der Waals surface area contributed by atoms with Gasteiger partial charge in [-0.1, -0.05) is 49.0 Å². The van der Waals surface area contributed by atoms with Gasteiger partial charge in [0.05, 0.1) is 19.8 Å². The highest BCUT2D eigenvalue weighted by Crippen LogP contribution is 2.69. The van der Waals surface area contributed by atoms with Crippen LogP contribution in [0.5, 0.6) is 0 Å². The lowest BCUT2D eigenvalue weighted by atomic mass is 10.1. The molecule has 5 nitrogen and oxygen atoms in total. The molecule has 0 radical (unpaired) electrons. The van der Waals surface area contributed by atoms with Crippen LogP contribution in [0.25, 0.3) is 0 Å². The van der Waals surface area contributed by atoms with Crippen LogP contribution in [0.1, 0.15) is 99.3 Å². The maximum Gasteiger partial charge on any atom is 0.343 e. The second kappa shape index (κ2) is 17.3. The lowest BCUT2D eigenvalue weighted by molar-refractivity contribution is 0.213. The quantitative estimate of drug-likeness (QED) is 0.105. The summed E-state index contributed by atoms with van der Waals surface area (Å²) < 4.78 is 43.0. The maximum absolute atomic E-state index is 13.3. The lowest BCUT2D eigenvalue weighted by Gasteiger charge is -2.30. The molecule has 0 spiro atoms. The van der Waals surface area contributed by atoms with Crippen molar-refractivity contribution < 1.29 is 22.7 Å². The van der Waals surface area contributed by atoms with Crippen molar-refractivity contribution in [1.82, 2.24) is 0 Å². The molecule has 0 aromatic carbocycles. The number of unbranched alkanes of at least 4 members (excludes halogenated alkanes) is 5. The molecule has 0 N–H and O–H groups in total. The summed E-state index contributed by atoms with van der Waals surface area (Å²) in [6.45, 7) is 14.3. The highest BCUT2D eigenvalue weighted by atomic mass is 31.2. The van der Waals surface area contributed by atoms with Gasteiger partial charge < -0.3 is 13.6 Å². The molecule has 0 aromatic rings. The zero-order chi connectivity index (χ0) is 23.8. The molecule has 7 heteroatoms. The van der Waals surface area contributed by atoms with Gasteiger partial charge >= 0.3 is 7.60 Å². The van der Waals surface area contributed by atoms with E-state index in [0.717, 1.165) is 38.5 Å². The molecule has 2 unspecified atom stereocenters. The van der Waals surface area contributed by atoms with E-state index < -0.39 is 20.4 Å². The van der Waals surface area contributed by atoms with E-state index in [4.69, 9.17) is 13.6 Å². The van der Waals surface area contributed by atoms with Crippen molar-refractivity contribution in [3.05, 3.63) is 23.3 Å². The zero-order valence-electron chi connectivity index (χ0n) is 21.2.